The van der Waals surface area contributed by atoms with Crippen molar-refractivity contribution in [2.75, 3.05) is 19.7 Å². The van der Waals surface area contributed by atoms with E-state index in [1.165, 1.54) is 19.3 Å². The largest absolute Gasteiger partial charge is 0.377 e. The van der Waals surface area contributed by atoms with Gasteiger partial charge in [-0.25, -0.2) is 0 Å². The number of nitrogens with zero attached hydrogens (tertiary/aromatic N) is 1. The summed E-state index contributed by atoms with van der Waals surface area (Å²) in [5.74, 6) is 0.392. The van der Waals surface area contributed by atoms with Crippen LogP contribution in [0.1, 0.15) is 52.4 Å². The Morgan fingerprint density at radius 3 is 2.67 bits per heavy atom. The predicted octanol–water partition coefficient (Wildman–Crippen LogP) is 1.71. The number of ether oxygens (including phenoxy) is 1. The van der Waals surface area contributed by atoms with Gasteiger partial charge < -0.3 is 15.0 Å². The van der Waals surface area contributed by atoms with E-state index in [0.717, 1.165) is 12.8 Å². The van der Waals surface area contributed by atoms with Crippen LogP contribution in [-0.2, 0) is 14.3 Å². The third-order valence-electron chi connectivity index (χ3n) is 4.55. The molecule has 2 fully saturated rings. The van der Waals surface area contributed by atoms with E-state index >= 15 is 0 Å². The van der Waals surface area contributed by atoms with Gasteiger partial charge in [-0.15, -0.1) is 0 Å². The molecule has 1 aliphatic heterocycles. The van der Waals surface area contributed by atoms with Crippen molar-refractivity contribution in [2.24, 2.45) is 5.92 Å². The summed E-state index contributed by atoms with van der Waals surface area (Å²) in [6.07, 6.45) is 6.08. The Bertz CT molecular complexity index is 367. The van der Waals surface area contributed by atoms with Gasteiger partial charge in [-0.1, -0.05) is 19.3 Å². The second-order valence-electron chi connectivity index (χ2n) is 6.24. The highest BCUT2D eigenvalue weighted by Gasteiger charge is 2.36. The molecule has 0 aromatic carbocycles. The van der Waals surface area contributed by atoms with Crippen molar-refractivity contribution >= 4 is 11.8 Å². The zero-order valence-electron chi connectivity index (χ0n) is 13.3. The van der Waals surface area contributed by atoms with E-state index in [0.29, 0.717) is 32.0 Å². The fraction of sp³-hybridized carbons (Fsp3) is 0.875. The van der Waals surface area contributed by atoms with E-state index in [4.69, 9.17) is 4.74 Å². The van der Waals surface area contributed by atoms with Crippen LogP contribution < -0.4 is 5.32 Å². The van der Waals surface area contributed by atoms with Gasteiger partial charge in [0.2, 0.25) is 11.8 Å². The van der Waals surface area contributed by atoms with Crippen LogP contribution in [-0.4, -0.2) is 48.6 Å². The van der Waals surface area contributed by atoms with Gasteiger partial charge in [0.1, 0.15) is 6.04 Å². The van der Waals surface area contributed by atoms with Gasteiger partial charge in [0.05, 0.1) is 6.10 Å². The lowest BCUT2D eigenvalue weighted by Crippen LogP contribution is -2.50. The fourth-order valence-corrected chi connectivity index (χ4v) is 3.47. The Morgan fingerprint density at radius 2 is 2.00 bits per heavy atom. The lowest BCUT2D eigenvalue weighted by molar-refractivity contribution is -0.137. The summed E-state index contributed by atoms with van der Waals surface area (Å²) in [4.78, 5) is 26.5. The van der Waals surface area contributed by atoms with E-state index in [1.807, 2.05) is 18.7 Å². The molecule has 1 saturated carbocycles. The Hall–Kier alpha value is -1.10. The fourth-order valence-electron chi connectivity index (χ4n) is 3.47. The molecule has 120 valence electrons. The van der Waals surface area contributed by atoms with Crippen LogP contribution in [0.25, 0.3) is 0 Å². The molecule has 2 aliphatic rings. The molecule has 0 aromatic heterocycles. The first-order valence-corrected chi connectivity index (χ1v) is 8.31. The zero-order valence-corrected chi connectivity index (χ0v) is 13.3. The SMILES string of the molecule is CCOC(C)CN1CCC(=O)NC(C2CCCCC2)C1=O. The third-order valence-corrected chi connectivity index (χ3v) is 4.55. The van der Waals surface area contributed by atoms with E-state index in [2.05, 4.69) is 5.32 Å². The molecule has 1 aliphatic carbocycles. The molecule has 21 heavy (non-hydrogen) atoms. The van der Waals surface area contributed by atoms with E-state index < -0.39 is 0 Å². The molecule has 0 radical (unpaired) electrons. The number of hydrogen-bond donors (Lipinski definition) is 1. The lowest BCUT2D eigenvalue weighted by Gasteiger charge is -2.32. The zero-order chi connectivity index (χ0) is 15.2. The molecule has 0 spiro atoms. The first-order chi connectivity index (χ1) is 10.1. The number of carbonyl (C=O) groups excluding carboxylic acids is 2. The maximum absolute atomic E-state index is 12.8. The van der Waals surface area contributed by atoms with Crippen molar-refractivity contribution in [3.63, 3.8) is 0 Å². The molecular weight excluding hydrogens is 268 g/mol. The molecule has 0 aromatic rings. The van der Waals surface area contributed by atoms with Crippen molar-refractivity contribution in [1.29, 1.82) is 0 Å². The second kappa shape index (κ2) is 7.78. The van der Waals surface area contributed by atoms with E-state index in [-0.39, 0.29) is 24.0 Å². The van der Waals surface area contributed by atoms with E-state index in [9.17, 15) is 9.59 Å². The maximum Gasteiger partial charge on any atom is 0.245 e. The molecular formula is C16H28N2O3. The molecule has 5 nitrogen and oxygen atoms in total. The lowest BCUT2D eigenvalue weighted by atomic mass is 9.83. The Balaban J connectivity index is 2.04. The standard InChI is InChI=1S/C16H28N2O3/c1-3-21-12(2)11-18-10-9-14(19)17-15(16(18)20)13-7-5-4-6-8-13/h12-13,15H,3-11H2,1-2H3,(H,17,19). The summed E-state index contributed by atoms with van der Waals surface area (Å²) in [5, 5.41) is 2.96. The summed E-state index contributed by atoms with van der Waals surface area (Å²) < 4.78 is 5.54. The summed E-state index contributed by atoms with van der Waals surface area (Å²) in [6, 6.07) is -0.325. The van der Waals surface area contributed by atoms with Crippen LogP contribution in [0, 0.1) is 5.92 Å². The first-order valence-electron chi connectivity index (χ1n) is 8.31. The monoisotopic (exact) mass is 296 g/mol. The molecule has 2 atom stereocenters. The minimum atomic E-state index is -0.325. The van der Waals surface area contributed by atoms with Gasteiger partial charge in [-0.3, -0.25) is 9.59 Å². The van der Waals surface area contributed by atoms with Crippen LogP contribution >= 0.6 is 0 Å². The van der Waals surface area contributed by atoms with Crippen molar-refractivity contribution in [3.8, 4) is 0 Å². The Labute approximate surface area is 127 Å². The third kappa shape index (κ3) is 4.43. The average Bonchev–Trinajstić information content (AvgIpc) is 2.62. The van der Waals surface area contributed by atoms with Crippen LogP contribution in [0.5, 0.6) is 0 Å². The van der Waals surface area contributed by atoms with Gasteiger partial charge >= 0.3 is 0 Å². The van der Waals surface area contributed by atoms with E-state index in [1.54, 1.807) is 0 Å². The van der Waals surface area contributed by atoms with Crippen LogP contribution in [0.4, 0.5) is 0 Å². The first kappa shape index (κ1) is 16.3. The van der Waals surface area contributed by atoms with Crippen molar-refractivity contribution in [2.45, 2.75) is 64.5 Å². The minimum absolute atomic E-state index is 0.00508. The van der Waals surface area contributed by atoms with Crippen molar-refractivity contribution in [1.82, 2.24) is 10.2 Å². The molecule has 1 N–H and O–H groups in total. The molecule has 1 heterocycles. The molecule has 5 heteroatoms. The molecule has 0 bridgehead atoms. The van der Waals surface area contributed by atoms with Crippen molar-refractivity contribution in [3.05, 3.63) is 0 Å². The van der Waals surface area contributed by atoms with Gasteiger partial charge in [-0.2, -0.15) is 0 Å². The number of hydrogen-bond acceptors (Lipinski definition) is 3. The van der Waals surface area contributed by atoms with Gasteiger partial charge in [-0.05, 0) is 32.6 Å². The Morgan fingerprint density at radius 1 is 1.29 bits per heavy atom. The van der Waals surface area contributed by atoms with Crippen LogP contribution in [0.2, 0.25) is 0 Å². The molecule has 2 unspecified atom stereocenters. The van der Waals surface area contributed by atoms with Gasteiger partial charge in [0.15, 0.2) is 0 Å². The average molecular weight is 296 g/mol. The number of amides is 2. The topological polar surface area (TPSA) is 58.6 Å². The Kier molecular flexibility index (Phi) is 6.03. The molecule has 2 amide bonds. The minimum Gasteiger partial charge on any atom is -0.377 e. The smallest absolute Gasteiger partial charge is 0.245 e. The second-order valence-corrected chi connectivity index (χ2v) is 6.24. The predicted molar refractivity (Wildman–Crippen MR) is 80.8 cm³/mol. The highest BCUT2D eigenvalue weighted by atomic mass is 16.5. The number of carbonyl (C=O) groups is 2. The summed E-state index contributed by atoms with van der Waals surface area (Å²) >= 11 is 0. The van der Waals surface area contributed by atoms with Crippen LogP contribution in [0.15, 0.2) is 0 Å². The molecule has 1 saturated heterocycles. The van der Waals surface area contributed by atoms with Gasteiger partial charge in [0.25, 0.3) is 0 Å². The highest BCUT2D eigenvalue weighted by Crippen LogP contribution is 2.28. The van der Waals surface area contributed by atoms with Crippen molar-refractivity contribution < 1.29 is 14.3 Å². The summed E-state index contributed by atoms with van der Waals surface area (Å²) in [5.41, 5.74) is 0. The number of rotatable bonds is 5. The van der Waals surface area contributed by atoms with Crippen LogP contribution in [0.3, 0.4) is 0 Å². The normalized spacial score (nSPS) is 26.4. The maximum atomic E-state index is 12.8. The quantitative estimate of drug-likeness (QED) is 0.840. The summed E-state index contributed by atoms with van der Waals surface area (Å²) in [6.45, 7) is 5.66. The highest BCUT2D eigenvalue weighted by molar-refractivity contribution is 5.90. The number of nitrogens with one attached hydrogen (secondary N) is 1. The molecule has 2 rings (SSSR count). The van der Waals surface area contributed by atoms with Gasteiger partial charge in [0, 0.05) is 26.1 Å². The summed E-state index contributed by atoms with van der Waals surface area (Å²) in [7, 11) is 0.